The molecule has 1 aromatic heterocycles. The summed E-state index contributed by atoms with van der Waals surface area (Å²) in [5.74, 6) is -1.99. The number of hydrogen-bond acceptors (Lipinski definition) is 6. The van der Waals surface area contributed by atoms with Crippen molar-refractivity contribution in [2.45, 2.75) is 12.8 Å². The van der Waals surface area contributed by atoms with Crippen LogP contribution in [0, 0.1) is 0 Å². The van der Waals surface area contributed by atoms with E-state index in [1.807, 2.05) is 0 Å². The van der Waals surface area contributed by atoms with Gasteiger partial charge in [-0.25, -0.2) is 4.79 Å². The van der Waals surface area contributed by atoms with E-state index < -0.39 is 23.1 Å². The molecule has 7 heteroatoms. The van der Waals surface area contributed by atoms with Gasteiger partial charge in [0.2, 0.25) is 0 Å². The number of fused-ring (bicyclic) bond motifs is 1. The van der Waals surface area contributed by atoms with E-state index in [9.17, 15) is 24.6 Å². The third-order valence-corrected chi connectivity index (χ3v) is 2.82. The molecule has 20 heavy (non-hydrogen) atoms. The van der Waals surface area contributed by atoms with Crippen LogP contribution in [0.4, 0.5) is 0 Å². The van der Waals surface area contributed by atoms with E-state index in [0.29, 0.717) is 6.29 Å². The van der Waals surface area contributed by atoms with Gasteiger partial charge in [-0.1, -0.05) is 0 Å². The number of rotatable bonds is 4. The zero-order valence-corrected chi connectivity index (χ0v) is 10.1. The number of carbonyl (C=O) groups is 2. The van der Waals surface area contributed by atoms with Crippen LogP contribution in [-0.4, -0.2) is 27.6 Å². The number of benzene rings is 1. The minimum absolute atomic E-state index is 0.0198. The summed E-state index contributed by atoms with van der Waals surface area (Å²) in [7, 11) is 0. The normalized spacial score (nSPS) is 10.6. The quantitative estimate of drug-likeness (QED) is 0.563. The number of carboxylic acid groups (broad SMARTS) is 1. The summed E-state index contributed by atoms with van der Waals surface area (Å²) < 4.78 is 4.84. The Hall–Kier alpha value is -2.83. The second-order valence-corrected chi connectivity index (χ2v) is 4.13. The van der Waals surface area contributed by atoms with Crippen LogP contribution in [0.3, 0.4) is 0 Å². The maximum atomic E-state index is 11.4. The van der Waals surface area contributed by atoms with E-state index in [-0.39, 0.29) is 34.9 Å². The zero-order valence-electron chi connectivity index (χ0n) is 10.1. The molecule has 0 bridgehead atoms. The fraction of sp³-hybridized carbons (Fsp3) is 0.154. The molecule has 0 unspecified atom stereocenters. The fourth-order valence-corrected chi connectivity index (χ4v) is 1.96. The highest BCUT2D eigenvalue weighted by molar-refractivity contribution is 6.01. The molecule has 0 aliphatic carbocycles. The van der Waals surface area contributed by atoms with Gasteiger partial charge in [0.05, 0.1) is 10.9 Å². The van der Waals surface area contributed by atoms with Crippen molar-refractivity contribution in [3.63, 3.8) is 0 Å². The molecule has 0 saturated heterocycles. The number of aldehydes is 1. The van der Waals surface area contributed by atoms with Crippen LogP contribution >= 0.6 is 0 Å². The Kier molecular flexibility index (Phi) is 3.43. The Morgan fingerprint density at radius 1 is 1.25 bits per heavy atom. The first-order valence-electron chi connectivity index (χ1n) is 5.62. The summed E-state index contributed by atoms with van der Waals surface area (Å²) in [6.45, 7) is 0. The molecule has 0 fully saturated rings. The Morgan fingerprint density at radius 2 is 1.95 bits per heavy atom. The van der Waals surface area contributed by atoms with Gasteiger partial charge in [0.1, 0.15) is 11.5 Å². The summed E-state index contributed by atoms with van der Waals surface area (Å²) in [4.78, 5) is 33.0. The Balaban J connectivity index is 2.79. The molecule has 2 rings (SSSR count). The summed E-state index contributed by atoms with van der Waals surface area (Å²) in [6.07, 6.45) is 0.0182. The third-order valence-electron chi connectivity index (χ3n) is 2.82. The largest absolute Gasteiger partial charge is 0.507 e. The van der Waals surface area contributed by atoms with E-state index in [2.05, 4.69) is 0 Å². The van der Waals surface area contributed by atoms with E-state index in [1.165, 1.54) is 0 Å². The smallest absolute Gasteiger partial charge is 0.336 e. The third kappa shape index (κ3) is 2.33. The molecule has 0 atom stereocenters. The number of aromatic hydroxyl groups is 2. The van der Waals surface area contributed by atoms with Crippen molar-refractivity contribution in [2.24, 2.45) is 0 Å². The maximum Gasteiger partial charge on any atom is 0.336 e. The van der Waals surface area contributed by atoms with Gasteiger partial charge in [-0.15, -0.1) is 0 Å². The summed E-state index contributed by atoms with van der Waals surface area (Å²) in [6, 6.07) is 1.99. The topological polar surface area (TPSA) is 125 Å². The molecule has 0 radical (unpaired) electrons. The first kappa shape index (κ1) is 13.6. The lowest BCUT2D eigenvalue weighted by atomic mass is 10.0. The molecule has 0 saturated carbocycles. The molecule has 0 aliphatic heterocycles. The first-order chi connectivity index (χ1) is 9.43. The lowest BCUT2D eigenvalue weighted by Gasteiger charge is -2.09. The van der Waals surface area contributed by atoms with Crippen molar-refractivity contribution in [2.75, 3.05) is 0 Å². The molecule has 1 heterocycles. The number of aryl methyl sites for hydroxylation is 1. The molecule has 7 nitrogen and oxygen atoms in total. The minimum atomic E-state index is -1.07. The van der Waals surface area contributed by atoms with E-state index in [0.717, 1.165) is 12.1 Å². The number of phenols is 2. The highest BCUT2D eigenvalue weighted by atomic mass is 16.4. The minimum Gasteiger partial charge on any atom is -0.507 e. The maximum absolute atomic E-state index is 11.4. The average molecular weight is 278 g/mol. The van der Waals surface area contributed by atoms with E-state index in [4.69, 9.17) is 9.52 Å². The zero-order chi connectivity index (χ0) is 14.9. The second-order valence-electron chi connectivity index (χ2n) is 4.13. The van der Waals surface area contributed by atoms with Gasteiger partial charge in [0, 0.05) is 18.6 Å². The number of carboxylic acids is 1. The molecule has 0 amide bonds. The standard InChI is InChI=1S/C13H10O7/c14-5-7-8(15)4-9(16)12-6(1-2-10(17)18)3-11(19)20-13(7)12/h3-5,15-16H,1-2H2,(H,17,18). The number of phenolic OH excluding ortho intramolecular Hbond substituents is 2. The van der Waals surface area contributed by atoms with Crippen molar-refractivity contribution >= 4 is 23.2 Å². The molecule has 3 N–H and O–H groups in total. The number of aliphatic carboxylic acids is 1. The van der Waals surface area contributed by atoms with Gasteiger partial charge in [0.25, 0.3) is 0 Å². The van der Waals surface area contributed by atoms with Gasteiger partial charge >= 0.3 is 11.6 Å². The monoisotopic (exact) mass is 278 g/mol. The lowest BCUT2D eigenvalue weighted by Crippen LogP contribution is -2.05. The highest BCUT2D eigenvalue weighted by Crippen LogP contribution is 2.35. The Bertz CT molecular complexity index is 757. The molecular weight excluding hydrogens is 268 g/mol. The molecular formula is C13H10O7. The van der Waals surface area contributed by atoms with Gasteiger partial charge in [-0.2, -0.15) is 0 Å². The van der Waals surface area contributed by atoms with E-state index >= 15 is 0 Å². The predicted molar refractivity (Wildman–Crippen MR) is 67.2 cm³/mol. The SMILES string of the molecule is O=Cc1c(O)cc(O)c2c(CCC(=O)O)cc(=O)oc12. The van der Waals surface area contributed by atoms with Crippen molar-refractivity contribution in [3.8, 4) is 11.5 Å². The summed E-state index contributed by atoms with van der Waals surface area (Å²) in [5.41, 5.74) is -1.09. The van der Waals surface area contributed by atoms with Gasteiger partial charge in [0.15, 0.2) is 11.9 Å². The van der Waals surface area contributed by atoms with E-state index in [1.54, 1.807) is 0 Å². The predicted octanol–water partition coefficient (Wildman–Crippen LogP) is 1.03. The van der Waals surface area contributed by atoms with Crippen LogP contribution < -0.4 is 5.63 Å². The first-order valence-corrected chi connectivity index (χ1v) is 5.62. The Labute approximate surface area is 111 Å². The molecule has 104 valence electrons. The van der Waals surface area contributed by atoms with Crippen molar-refractivity contribution in [1.82, 2.24) is 0 Å². The summed E-state index contributed by atoms with van der Waals surface area (Å²) >= 11 is 0. The lowest BCUT2D eigenvalue weighted by molar-refractivity contribution is -0.136. The van der Waals surface area contributed by atoms with Crippen LogP contribution in [-0.2, 0) is 11.2 Å². The average Bonchev–Trinajstić information content (AvgIpc) is 2.35. The molecule has 0 spiro atoms. The van der Waals surface area contributed by atoms with Gasteiger partial charge < -0.3 is 19.7 Å². The second kappa shape index (κ2) is 5.04. The van der Waals surface area contributed by atoms with Crippen molar-refractivity contribution < 1.29 is 29.3 Å². The van der Waals surface area contributed by atoms with Crippen molar-refractivity contribution in [3.05, 3.63) is 33.7 Å². The number of carbonyl (C=O) groups excluding carboxylic acids is 1. The van der Waals surface area contributed by atoms with Crippen LogP contribution in [0.5, 0.6) is 11.5 Å². The molecule has 2 aromatic rings. The van der Waals surface area contributed by atoms with Gasteiger partial charge in [-0.05, 0) is 12.0 Å². The van der Waals surface area contributed by atoms with Gasteiger partial charge in [-0.3, -0.25) is 9.59 Å². The summed E-state index contributed by atoms with van der Waals surface area (Å²) in [5, 5.41) is 28.1. The molecule has 1 aromatic carbocycles. The highest BCUT2D eigenvalue weighted by Gasteiger charge is 2.18. The Morgan fingerprint density at radius 3 is 2.55 bits per heavy atom. The fourth-order valence-electron chi connectivity index (χ4n) is 1.96. The van der Waals surface area contributed by atoms with Crippen LogP contribution in [0.1, 0.15) is 22.3 Å². The van der Waals surface area contributed by atoms with Crippen LogP contribution in [0.2, 0.25) is 0 Å². The van der Waals surface area contributed by atoms with Crippen molar-refractivity contribution in [1.29, 1.82) is 0 Å². The number of hydrogen-bond donors (Lipinski definition) is 3. The van der Waals surface area contributed by atoms with Crippen LogP contribution in [0.15, 0.2) is 21.3 Å². The van der Waals surface area contributed by atoms with Crippen LogP contribution in [0.25, 0.3) is 11.0 Å². The molecule has 0 aliphatic rings.